The second-order valence-corrected chi connectivity index (χ2v) is 9.43. The van der Waals surface area contributed by atoms with Gasteiger partial charge in [0.2, 0.25) is 0 Å². The zero-order chi connectivity index (χ0) is 26.9. The number of rotatable bonds is 5. The van der Waals surface area contributed by atoms with Gasteiger partial charge in [0.1, 0.15) is 0 Å². The van der Waals surface area contributed by atoms with Gasteiger partial charge in [-0.25, -0.2) is 0 Å². The standard InChI is InChI=1S/C35H22O4/c36-32-26-18-16-24(22-10-4-1-5-11-22)20-30(26)34(38)28(32)14-8-3-9-15-29-33(37)27-19-17-25(21-31(27)35(29)39)23-12-6-2-7-13-23/h1-8,10-21H,9H2. The van der Waals surface area contributed by atoms with E-state index in [9.17, 15) is 19.2 Å². The molecule has 0 amide bonds. The normalized spacial score (nSPS) is 16.5. The molecule has 2 aliphatic carbocycles. The molecule has 0 saturated heterocycles. The fourth-order valence-electron chi connectivity index (χ4n) is 5.03. The number of ketones is 4. The summed E-state index contributed by atoms with van der Waals surface area (Å²) in [6, 6.07) is 30.0. The first kappa shape index (κ1) is 24.1. The van der Waals surface area contributed by atoms with Gasteiger partial charge < -0.3 is 0 Å². The van der Waals surface area contributed by atoms with Gasteiger partial charge in [-0.1, -0.05) is 91.0 Å². The Labute approximate surface area is 225 Å². The van der Waals surface area contributed by atoms with Crippen molar-refractivity contribution in [3.8, 4) is 22.3 Å². The molecule has 0 unspecified atom stereocenters. The zero-order valence-corrected chi connectivity index (χ0v) is 20.9. The summed E-state index contributed by atoms with van der Waals surface area (Å²) in [5.74, 6) is -1.18. The summed E-state index contributed by atoms with van der Waals surface area (Å²) in [6.45, 7) is 0. The van der Waals surface area contributed by atoms with E-state index < -0.39 is 0 Å². The molecular formula is C35H22O4. The third-order valence-electron chi connectivity index (χ3n) is 7.07. The molecule has 0 saturated carbocycles. The van der Waals surface area contributed by atoms with Gasteiger partial charge in [0.15, 0.2) is 23.1 Å². The van der Waals surface area contributed by atoms with E-state index in [1.165, 1.54) is 6.08 Å². The molecule has 4 nitrogen and oxygen atoms in total. The van der Waals surface area contributed by atoms with Crippen molar-refractivity contribution in [3.63, 3.8) is 0 Å². The van der Waals surface area contributed by atoms with Crippen molar-refractivity contribution >= 4 is 23.1 Å². The molecule has 0 heterocycles. The Morgan fingerprint density at radius 2 is 0.923 bits per heavy atom. The van der Waals surface area contributed by atoms with Crippen molar-refractivity contribution in [2.45, 2.75) is 6.42 Å². The number of hydrogen-bond donors (Lipinski definition) is 0. The van der Waals surface area contributed by atoms with E-state index >= 15 is 0 Å². The molecule has 4 heteroatoms. The maximum absolute atomic E-state index is 13.0. The van der Waals surface area contributed by atoms with Crippen LogP contribution in [0.5, 0.6) is 0 Å². The van der Waals surface area contributed by atoms with Gasteiger partial charge in [0.25, 0.3) is 0 Å². The lowest BCUT2D eigenvalue weighted by molar-refractivity contribution is 0.0973. The summed E-state index contributed by atoms with van der Waals surface area (Å²) in [5.41, 5.74) is 5.57. The van der Waals surface area contributed by atoms with Crippen LogP contribution in [0.1, 0.15) is 47.9 Å². The van der Waals surface area contributed by atoms with Gasteiger partial charge in [-0.15, -0.1) is 0 Å². The van der Waals surface area contributed by atoms with E-state index in [0.29, 0.717) is 28.7 Å². The largest absolute Gasteiger partial charge is 0.288 e. The number of fused-ring (bicyclic) bond motifs is 2. The SMILES string of the molecule is O=C1C(=CC=CCC=C2C(=O)c3ccc(-c4ccccc4)cc3C2=O)C(=O)c2cc(-c3ccccc3)ccc21. The topological polar surface area (TPSA) is 68.3 Å². The van der Waals surface area contributed by atoms with Crippen LogP contribution in [0.2, 0.25) is 0 Å². The molecule has 0 aromatic heterocycles. The fraction of sp³-hybridized carbons (Fsp3) is 0.0286. The first-order chi connectivity index (χ1) is 19.0. The first-order valence-corrected chi connectivity index (χ1v) is 12.7. The maximum atomic E-state index is 13.0. The van der Waals surface area contributed by atoms with Crippen molar-refractivity contribution in [1.29, 1.82) is 0 Å². The van der Waals surface area contributed by atoms with E-state index in [1.54, 1.807) is 42.5 Å². The van der Waals surface area contributed by atoms with Crippen molar-refractivity contribution in [1.82, 2.24) is 0 Å². The molecule has 186 valence electrons. The van der Waals surface area contributed by atoms with Crippen LogP contribution in [0, 0.1) is 0 Å². The molecule has 0 fully saturated rings. The molecule has 4 aromatic carbocycles. The lowest BCUT2D eigenvalue weighted by Gasteiger charge is -2.03. The lowest BCUT2D eigenvalue weighted by Crippen LogP contribution is -2.00. The number of carbonyl (C=O) groups excluding carboxylic acids is 4. The molecule has 2 aliphatic rings. The van der Waals surface area contributed by atoms with E-state index in [0.717, 1.165) is 22.3 Å². The summed E-state index contributed by atoms with van der Waals surface area (Å²) >= 11 is 0. The van der Waals surface area contributed by atoms with Crippen LogP contribution in [0.3, 0.4) is 0 Å². The summed E-state index contributed by atoms with van der Waals surface area (Å²) in [7, 11) is 0. The second kappa shape index (κ2) is 9.92. The van der Waals surface area contributed by atoms with Crippen LogP contribution >= 0.6 is 0 Å². The van der Waals surface area contributed by atoms with E-state index in [4.69, 9.17) is 0 Å². The predicted octanol–water partition coefficient (Wildman–Crippen LogP) is 7.28. The molecule has 0 radical (unpaired) electrons. The summed E-state index contributed by atoms with van der Waals surface area (Å²) < 4.78 is 0. The Bertz CT molecular complexity index is 1770. The molecule has 0 spiro atoms. The van der Waals surface area contributed by atoms with Crippen molar-refractivity contribution < 1.29 is 19.2 Å². The molecule has 6 rings (SSSR count). The van der Waals surface area contributed by atoms with Gasteiger partial charge in [-0.3, -0.25) is 19.2 Å². The molecule has 39 heavy (non-hydrogen) atoms. The summed E-state index contributed by atoms with van der Waals surface area (Å²) in [6.07, 6.45) is 6.75. The Morgan fingerprint density at radius 1 is 0.462 bits per heavy atom. The van der Waals surface area contributed by atoms with Crippen LogP contribution in [0.15, 0.2) is 133 Å². The number of Topliss-reactive ketones (excluding diaryl/α,β-unsaturated/α-hetero) is 4. The second-order valence-electron chi connectivity index (χ2n) is 9.43. The molecule has 0 N–H and O–H groups in total. The summed E-state index contributed by atoms with van der Waals surface area (Å²) in [4.78, 5) is 51.7. The highest BCUT2D eigenvalue weighted by Gasteiger charge is 2.34. The van der Waals surface area contributed by atoms with Gasteiger partial charge in [-0.2, -0.15) is 0 Å². The monoisotopic (exact) mass is 506 g/mol. The maximum Gasteiger partial charge on any atom is 0.197 e. The van der Waals surface area contributed by atoms with Crippen LogP contribution in [-0.4, -0.2) is 23.1 Å². The van der Waals surface area contributed by atoms with Crippen LogP contribution in [-0.2, 0) is 0 Å². The zero-order valence-electron chi connectivity index (χ0n) is 20.9. The number of allylic oxidation sites excluding steroid dienone is 6. The summed E-state index contributed by atoms with van der Waals surface area (Å²) in [5, 5.41) is 0. The third-order valence-corrected chi connectivity index (χ3v) is 7.07. The number of benzene rings is 4. The Morgan fingerprint density at radius 3 is 1.46 bits per heavy atom. The minimum Gasteiger partial charge on any atom is -0.288 e. The quantitative estimate of drug-likeness (QED) is 0.211. The van der Waals surface area contributed by atoms with Crippen LogP contribution < -0.4 is 0 Å². The van der Waals surface area contributed by atoms with E-state index in [2.05, 4.69) is 0 Å². The van der Waals surface area contributed by atoms with Crippen LogP contribution in [0.25, 0.3) is 22.3 Å². The third kappa shape index (κ3) is 4.32. The van der Waals surface area contributed by atoms with E-state index in [-0.39, 0.29) is 34.3 Å². The van der Waals surface area contributed by atoms with Crippen molar-refractivity contribution in [3.05, 3.63) is 155 Å². The predicted molar refractivity (Wildman–Crippen MR) is 151 cm³/mol. The van der Waals surface area contributed by atoms with Gasteiger partial charge in [0.05, 0.1) is 11.1 Å². The Hall–Kier alpha value is -5.22. The van der Waals surface area contributed by atoms with Crippen LogP contribution in [0.4, 0.5) is 0 Å². The highest BCUT2D eigenvalue weighted by atomic mass is 16.2. The number of carbonyl (C=O) groups is 4. The number of hydrogen-bond acceptors (Lipinski definition) is 4. The molecule has 4 aromatic rings. The Kier molecular flexibility index (Phi) is 6.14. The van der Waals surface area contributed by atoms with Crippen molar-refractivity contribution in [2.75, 3.05) is 0 Å². The van der Waals surface area contributed by atoms with Gasteiger partial charge in [-0.05, 0) is 59.0 Å². The molecule has 0 aliphatic heterocycles. The van der Waals surface area contributed by atoms with Crippen molar-refractivity contribution in [2.24, 2.45) is 0 Å². The Balaban J connectivity index is 1.17. The first-order valence-electron chi connectivity index (χ1n) is 12.7. The average molecular weight is 507 g/mol. The smallest absolute Gasteiger partial charge is 0.197 e. The van der Waals surface area contributed by atoms with Gasteiger partial charge in [0, 0.05) is 22.3 Å². The fourth-order valence-corrected chi connectivity index (χ4v) is 5.03. The van der Waals surface area contributed by atoms with E-state index in [1.807, 2.05) is 72.8 Å². The molecular weight excluding hydrogens is 484 g/mol. The molecule has 0 bridgehead atoms. The highest BCUT2D eigenvalue weighted by Crippen LogP contribution is 2.32. The van der Waals surface area contributed by atoms with Gasteiger partial charge >= 0.3 is 0 Å². The lowest BCUT2D eigenvalue weighted by atomic mass is 10.0. The molecule has 0 atom stereocenters. The average Bonchev–Trinajstić information content (AvgIpc) is 3.37. The highest BCUT2D eigenvalue weighted by molar-refractivity contribution is 6.40. The minimum absolute atomic E-state index is 0.105. The minimum atomic E-state index is -0.304.